The molecule has 166 valence electrons. The Morgan fingerprint density at radius 3 is 2.66 bits per heavy atom. The predicted octanol–water partition coefficient (Wildman–Crippen LogP) is 4.07. The number of sulfonamides is 1. The number of para-hydroxylation sites is 1. The summed E-state index contributed by atoms with van der Waals surface area (Å²) in [6, 6.07) is 11.3. The van der Waals surface area contributed by atoms with E-state index < -0.39 is 10.0 Å². The molecule has 1 aliphatic rings. The lowest BCUT2D eigenvalue weighted by molar-refractivity contribution is 0.179. The van der Waals surface area contributed by atoms with Gasteiger partial charge in [-0.05, 0) is 43.0 Å². The van der Waals surface area contributed by atoms with Crippen molar-refractivity contribution in [2.45, 2.75) is 25.3 Å². The predicted molar refractivity (Wildman–Crippen MR) is 125 cm³/mol. The first-order valence-electron chi connectivity index (χ1n) is 10.5. The number of fused-ring (bicyclic) bond motifs is 1. The minimum atomic E-state index is -3.62. The Kier molecular flexibility index (Phi) is 5.58. The van der Waals surface area contributed by atoms with Gasteiger partial charge in [-0.1, -0.05) is 18.2 Å². The van der Waals surface area contributed by atoms with E-state index in [4.69, 9.17) is 4.42 Å². The molecule has 1 fully saturated rings. The topological polar surface area (TPSA) is 79.5 Å². The van der Waals surface area contributed by atoms with E-state index in [9.17, 15) is 8.42 Å². The number of aromatic nitrogens is 2. The van der Waals surface area contributed by atoms with Crippen LogP contribution >= 0.6 is 11.3 Å². The van der Waals surface area contributed by atoms with Gasteiger partial charge in [-0.25, -0.2) is 13.4 Å². The number of oxazole rings is 1. The lowest BCUT2D eigenvalue weighted by atomic mass is 10.2. The summed E-state index contributed by atoms with van der Waals surface area (Å²) in [6.45, 7) is 6.65. The molecule has 0 unspecified atom stereocenters. The number of piperazine rings is 1. The lowest BCUT2D eigenvalue weighted by Crippen LogP contribution is -2.48. The fourth-order valence-electron chi connectivity index (χ4n) is 4.01. The summed E-state index contributed by atoms with van der Waals surface area (Å²) >= 11 is 1.60. The van der Waals surface area contributed by atoms with E-state index in [0.717, 1.165) is 27.3 Å². The summed E-state index contributed by atoms with van der Waals surface area (Å²) < 4.78 is 34.2. The number of hydrogen-bond donors (Lipinski definition) is 0. The molecule has 0 spiro atoms. The van der Waals surface area contributed by atoms with Crippen LogP contribution in [-0.2, 0) is 16.6 Å². The second kappa shape index (κ2) is 8.40. The molecule has 0 saturated carbocycles. The summed E-state index contributed by atoms with van der Waals surface area (Å²) in [4.78, 5) is 12.6. The van der Waals surface area contributed by atoms with Crippen LogP contribution in [0, 0.1) is 13.8 Å². The van der Waals surface area contributed by atoms with Crippen molar-refractivity contribution in [3.8, 4) is 10.8 Å². The maximum atomic E-state index is 13.4. The molecular formula is C23H24N4O3S2. The van der Waals surface area contributed by atoms with Gasteiger partial charge in [0, 0.05) is 44.3 Å². The van der Waals surface area contributed by atoms with Crippen molar-refractivity contribution in [3.63, 3.8) is 0 Å². The Morgan fingerprint density at radius 2 is 1.91 bits per heavy atom. The van der Waals surface area contributed by atoms with Crippen LogP contribution in [-0.4, -0.2) is 53.8 Å². The first-order chi connectivity index (χ1) is 15.4. The standard InChI is InChI=1S/C23H24N4O3S2/c1-16-13-18-5-3-7-21(22(18)24-14-16)32(28,29)27-10-8-26(9-11-27)15-19-17(2)30-23(25-19)20-6-4-12-31-20/h3-7,12-14H,8-11,15H2,1-2H3. The molecule has 0 bridgehead atoms. The molecule has 1 aromatic carbocycles. The fourth-order valence-corrected chi connectivity index (χ4v) is 6.25. The van der Waals surface area contributed by atoms with Gasteiger partial charge >= 0.3 is 0 Å². The average Bonchev–Trinajstić information content (AvgIpc) is 3.44. The van der Waals surface area contributed by atoms with Gasteiger partial charge in [-0.15, -0.1) is 11.3 Å². The third-order valence-corrected chi connectivity index (χ3v) is 8.55. The van der Waals surface area contributed by atoms with E-state index in [1.165, 1.54) is 0 Å². The van der Waals surface area contributed by atoms with Crippen molar-refractivity contribution in [2.24, 2.45) is 0 Å². The smallest absolute Gasteiger partial charge is 0.245 e. The van der Waals surface area contributed by atoms with Crippen LogP contribution in [0.15, 0.2) is 57.3 Å². The second-order valence-electron chi connectivity index (χ2n) is 8.02. The molecule has 1 aliphatic heterocycles. The fraction of sp³-hybridized carbons (Fsp3) is 0.304. The number of rotatable bonds is 5. The summed E-state index contributed by atoms with van der Waals surface area (Å²) in [7, 11) is -3.62. The second-order valence-corrected chi connectivity index (χ2v) is 10.9. The van der Waals surface area contributed by atoms with Crippen molar-refractivity contribution in [3.05, 3.63) is 65.0 Å². The van der Waals surface area contributed by atoms with Gasteiger partial charge in [0.25, 0.3) is 0 Å². The molecule has 4 heterocycles. The Hall–Kier alpha value is -2.59. The molecule has 0 radical (unpaired) electrons. The number of benzene rings is 1. The van der Waals surface area contributed by atoms with Crippen molar-refractivity contribution in [1.29, 1.82) is 0 Å². The molecule has 32 heavy (non-hydrogen) atoms. The van der Waals surface area contributed by atoms with E-state index in [0.29, 0.717) is 44.1 Å². The Balaban J connectivity index is 1.30. The molecule has 1 saturated heterocycles. The first-order valence-corrected chi connectivity index (χ1v) is 12.8. The van der Waals surface area contributed by atoms with E-state index in [2.05, 4.69) is 14.9 Å². The third kappa shape index (κ3) is 3.97. The number of aryl methyl sites for hydroxylation is 2. The number of thiophene rings is 1. The van der Waals surface area contributed by atoms with Gasteiger partial charge in [-0.3, -0.25) is 9.88 Å². The molecule has 0 amide bonds. The SMILES string of the molecule is Cc1cnc2c(S(=O)(=O)N3CCN(Cc4nc(-c5cccs5)oc4C)CC3)cccc2c1. The summed E-state index contributed by atoms with van der Waals surface area (Å²) in [5.41, 5.74) is 2.43. The largest absolute Gasteiger partial charge is 0.440 e. The maximum Gasteiger partial charge on any atom is 0.245 e. The average molecular weight is 469 g/mol. The van der Waals surface area contributed by atoms with Gasteiger partial charge in [0.2, 0.25) is 15.9 Å². The zero-order valence-corrected chi connectivity index (χ0v) is 19.6. The van der Waals surface area contributed by atoms with E-state index >= 15 is 0 Å². The van der Waals surface area contributed by atoms with Crippen LogP contribution in [0.2, 0.25) is 0 Å². The van der Waals surface area contributed by atoms with Crippen molar-refractivity contribution in [1.82, 2.24) is 19.2 Å². The summed E-state index contributed by atoms with van der Waals surface area (Å²) in [6.07, 6.45) is 1.71. The Bertz CT molecular complexity index is 1360. The molecule has 7 nitrogen and oxygen atoms in total. The van der Waals surface area contributed by atoms with Crippen LogP contribution in [0.25, 0.3) is 21.7 Å². The van der Waals surface area contributed by atoms with Crippen LogP contribution in [0.5, 0.6) is 0 Å². The van der Waals surface area contributed by atoms with E-state index in [-0.39, 0.29) is 4.90 Å². The Morgan fingerprint density at radius 1 is 1.09 bits per heavy atom. The van der Waals surface area contributed by atoms with Crippen LogP contribution in [0.1, 0.15) is 17.0 Å². The van der Waals surface area contributed by atoms with Crippen molar-refractivity contribution < 1.29 is 12.8 Å². The first kappa shape index (κ1) is 21.3. The number of nitrogens with zero attached hydrogens (tertiary/aromatic N) is 4. The van der Waals surface area contributed by atoms with Crippen LogP contribution in [0.4, 0.5) is 0 Å². The van der Waals surface area contributed by atoms with Gasteiger partial charge in [-0.2, -0.15) is 4.31 Å². The lowest BCUT2D eigenvalue weighted by Gasteiger charge is -2.33. The molecule has 0 atom stereocenters. The van der Waals surface area contributed by atoms with Crippen molar-refractivity contribution >= 4 is 32.3 Å². The van der Waals surface area contributed by atoms with Gasteiger partial charge < -0.3 is 4.42 Å². The number of pyridine rings is 1. The minimum Gasteiger partial charge on any atom is -0.440 e. The third-order valence-electron chi connectivity index (χ3n) is 5.76. The summed E-state index contributed by atoms with van der Waals surface area (Å²) in [5.74, 6) is 1.45. The zero-order chi connectivity index (χ0) is 22.3. The summed E-state index contributed by atoms with van der Waals surface area (Å²) in [5, 5.41) is 2.84. The minimum absolute atomic E-state index is 0.274. The monoisotopic (exact) mass is 468 g/mol. The molecule has 9 heteroatoms. The van der Waals surface area contributed by atoms with Gasteiger partial charge in [0.1, 0.15) is 10.7 Å². The van der Waals surface area contributed by atoms with Crippen LogP contribution in [0.3, 0.4) is 0 Å². The zero-order valence-electron chi connectivity index (χ0n) is 18.0. The molecule has 0 N–H and O–H groups in total. The normalized spacial score (nSPS) is 16.1. The highest BCUT2D eigenvalue weighted by Crippen LogP contribution is 2.28. The Labute approximate surface area is 191 Å². The van der Waals surface area contributed by atoms with Gasteiger partial charge in [0.15, 0.2) is 0 Å². The van der Waals surface area contributed by atoms with E-state index in [1.54, 1.807) is 34.0 Å². The number of hydrogen-bond acceptors (Lipinski definition) is 7. The quantitative estimate of drug-likeness (QED) is 0.439. The van der Waals surface area contributed by atoms with Crippen LogP contribution < -0.4 is 0 Å². The molecule has 0 aliphatic carbocycles. The highest BCUT2D eigenvalue weighted by molar-refractivity contribution is 7.89. The molecule has 5 rings (SSSR count). The van der Waals surface area contributed by atoms with Gasteiger partial charge in [0.05, 0.1) is 16.1 Å². The highest BCUT2D eigenvalue weighted by atomic mass is 32.2. The molecule has 3 aromatic heterocycles. The molecule has 4 aromatic rings. The molecular weight excluding hydrogens is 444 g/mol. The highest BCUT2D eigenvalue weighted by Gasteiger charge is 2.30. The maximum absolute atomic E-state index is 13.4. The van der Waals surface area contributed by atoms with Crippen molar-refractivity contribution in [2.75, 3.05) is 26.2 Å². The van der Waals surface area contributed by atoms with E-state index in [1.807, 2.05) is 43.5 Å².